The Morgan fingerprint density at radius 2 is 2.00 bits per heavy atom. The van der Waals surface area contributed by atoms with Crippen LogP contribution in [0.3, 0.4) is 0 Å². The van der Waals surface area contributed by atoms with Crippen molar-refractivity contribution in [2.24, 2.45) is 16.6 Å². The van der Waals surface area contributed by atoms with Crippen LogP contribution in [0.4, 0.5) is 0 Å². The number of rotatable bonds is 3. The van der Waals surface area contributed by atoms with Gasteiger partial charge in [-0.1, -0.05) is 36.2 Å². The number of guanidine groups is 1. The molecule has 1 aromatic rings. The summed E-state index contributed by atoms with van der Waals surface area (Å²) in [5.41, 5.74) is 12.2. The van der Waals surface area contributed by atoms with Crippen LogP contribution in [0.1, 0.15) is 18.9 Å². The zero-order valence-electron chi connectivity index (χ0n) is 8.80. The fourth-order valence-corrected chi connectivity index (χ4v) is 1.45. The first-order valence-corrected chi connectivity index (χ1v) is 5.46. The van der Waals surface area contributed by atoms with Crippen molar-refractivity contribution < 1.29 is 5.10 Å². The number of nitrogens with one attached hydrogen (secondary N) is 1. The van der Waals surface area contributed by atoms with Gasteiger partial charge in [-0.25, -0.2) is 0 Å². The van der Waals surface area contributed by atoms with Gasteiger partial charge in [0, 0.05) is 5.56 Å². The Morgan fingerprint density at radius 3 is 2.50 bits per heavy atom. The van der Waals surface area contributed by atoms with Gasteiger partial charge in [0.25, 0.3) is 0 Å². The van der Waals surface area contributed by atoms with Crippen molar-refractivity contribution in [3.8, 4) is 0 Å². The van der Waals surface area contributed by atoms with E-state index in [9.17, 15) is 0 Å². The van der Waals surface area contributed by atoms with E-state index in [1.165, 1.54) is 0 Å². The van der Waals surface area contributed by atoms with Gasteiger partial charge < -0.3 is 0 Å². The SMILES string of the molecule is CC/C(=N/[NH+]=C(N)N)c1ccc(Cl)c(Cl)c1. The first-order valence-electron chi connectivity index (χ1n) is 4.70. The van der Waals surface area contributed by atoms with E-state index < -0.39 is 0 Å². The maximum absolute atomic E-state index is 5.92. The highest BCUT2D eigenvalue weighted by Gasteiger charge is 2.05. The Hall–Kier alpha value is -1.26. The van der Waals surface area contributed by atoms with Crippen LogP contribution in [-0.4, -0.2) is 11.7 Å². The lowest BCUT2D eigenvalue weighted by atomic mass is 10.1. The Kier molecular flexibility index (Phi) is 4.58. The van der Waals surface area contributed by atoms with E-state index in [1.807, 2.05) is 13.0 Å². The second-order valence-corrected chi connectivity index (χ2v) is 3.92. The minimum atomic E-state index is 0.0472. The van der Waals surface area contributed by atoms with E-state index in [1.54, 1.807) is 12.1 Å². The highest BCUT2D eigenvalue weighted by molar-refractivity contribution is 6.42. The van der Waals surface area contributed by atoms with E-state index in [0.29, 0.717) is 10.0 Å². The fraction of sp³-hybridized carbons (Fsp3) is 0.200. The number of nitrogens with two attached hydrogens (primary N) is 2. The van der Waals surface area contributed by atoms with Crippen molar-refractivity contribution in [2.45, 2.75) is 13.3 Å². The summed E-state index contributed by atoms with van der Waals surface area (Å²) in [7, 11) is 0. The zero-order valence-corrected chi connectivity index (χ0v) is 10.3. The summed E-state index contributed by atoms with van der Waals surface area (Å²) in [4.78, 5) is 0. The van der Waals surface area contributed by atoms with Crippen LogP contribution in [0.2, 0.25) is 10.0 Å². The first-order chi connectivity index (χ1) is 7.54. The van der Waals surface area contributed by atoms with Crippen LogP contribution in [0.25, 0.3) is 0 Å². The average Bonchev–Trinajstić information content (AvgIpc) is 2.23. The molecule has 1 rings (SSSR count). The lowest BCUT2D eigenvalue weighted by molar-refractivity contribution is -0.464. The summed E-state index contributed by atoms with van der Waals surface area (Å²) in [5.74, 6) is 0.0472. The van der Waals surface area contributed by atoms with Crippen LogP contribution in [-0.2, 0) is 0 Å². The van der Waals surface area contributed by atoms with Gasteiger partial charge in [0.05, 0.1) is 15.8 Å². The molecule has 0 atom stereocenters. The van der Waals surface area contributed by atoms with Gasteiger partial charge >= 0.3 is 5.96 Å². The first kappa shape index (κ1) is 12.8. The molecule has 0 unspecified atom stereocenters. The third-order valence-corrected chi connectivity index (χ3v) is 2.65. The summed E-state index contributed by atoms with van der Waals surface area (Å²) in [6.07, 6.45) is 0.720. The molecule has 0 radical (unpaired) electrons. The minimum absolute atomic E-state index is 0.0472. The lowest BCUT2D eigenvalue weighted by Gasteiger charge is -2.03. The molecule has 0 fully saturated rings. The van der Waals surface area contributed by atoms with Crippen molar-refractivity contribution in [1.29, 1.82) is 0 Å². The largest absolute Gasteiger partial charge is 0.362 e. The molecule has 0 saturated carbocycles. The number of benzene rings is 1. The number of hydrogen-bond donors (Lipinski definition) is 3. The third-order valence-electron chi connectivity index (χ3n) is 1.91. The molecule has 0 aliphatic carbocycles. The summed E-state index contributed by atoms with van der Waals surface area (Å²) in [5, 5.41) is 7.58. The molecular formula is C10H13Cl2N4+. The minimum Gasteiger partial charge on any atom is -0.289 e. The molecule has 0 aliphatic rings. The molecule has 6 heteroatoms. The van der Waals surface area contributed by atoms with Gasteiger partial charge in [-0.05, 0) is 18.6 Å². The van der Waals surface area contributed by atoms with E-state index in [2.05, 4.69) is 10.2 Å². The topological polar surface area (TPSA) is 78.4 Å². The molecule has 1 aromatic carbocycles. The van der Waals surface area contributed by atoms with Crippen LogP contribution >= 0.6 is 23.2 Å². The summed E-state index contributed by atoms with van der Waals surface area (Å²) < 4.78 is 0. The van der Waals surface area contributed by atoms with Gasteiger partial charge in [0.2, 0.25) is 0 Å². The molecule has 0 aromatic heterocycles. The molecule has 0 heterocycles. The molecule has 0 bridgehead atoms. The van der Waals surface area contributed by atoms with Gasteiger partial charge in [0.1, 0.15) is 0 Å². The standard InChI is InChI=1S/C10H12Cl2N4/c1-2-9(15-16-10(13)14)6-3-4-7(11)8(12)5-6/h3-5H,2H2,1H3,(H4,13,14,16)/p+1/b15-9-. The number of hydrazone groups is 1. The van der Waals surface area contributed by atoms with E-state index in [4.69, 9.17) is 34.7 Å². The van der Waals surface area contributed by atoms with E-state index >= 15 is 0 Å². The molecule has 4 nitrogen and oxygen atoms in total. The number of hydrogen-bond acceptors (Lipinski definition) is 1. The Labute approximate surface area is 104 Å². The van der Waals surface area contributed by atoms with Crippen LogP contribution in [0.15, 0.2) is 23.3 Å². The normalized spacial score (nSPS) is 11.3. The van der Waals surface area contributed by atoms with Crippen molar-refractivity contribution in [3.63, 3.8) is 0 Å². The zero-order chi connectivity index (χ0) is 12.1. The molecule has 0 amide bonds. The molecule has 16 heavy (non-hydrogen) atoms. The average molecular weight is 260 g/mol. The molecule has 0 spiro atoms. The molecule has 0 aliphatic heterocycles. The summed E-state index contributed by atoms with van der Waals surface area (Å²) in [6, 6.07) is 5.31. The molecule has 0 saturated heterocycles. The van der Waals surface area contributed by atoms with Crippen molar-refractivity contribution in [2.75, 3.05) is 0 Å². The maximum Gasteiger partial charge on any atom is 0.362 e. The monoisotopic (exact) mass is 259 g/mol. The lowest BCUT2D eigenvalue weighted by Crippen LogP contribution is -2.73. The summed E-state index contributed by atoms with van der Waals surface area (Å²) in [6.45, 7) is 1.97. The number of halogens is 2. The highest BCUT2D eigenvalue weighted by Crippen LogP contribution is 2.23. The summed E-state index contributed by atoms with van der Waals surface area (Å²) >= 11 is 11.7. The Morgan fingerprint density at radius 1 is 1.31 bits per heavy atom. The highest BCUT2D eigenvalue weighted by atomic mass is 35.5. The molecular weight excluding hydrogens is 247 g/mol. The fourth-order valence-electron chi connectivity index (χ4n) is 1.16. The van der Waals surface area contributed by atoms with Gasteiger partial charge in [-0.3, -0.25) is 11.5 Å². The van der Waals surface area contributed by atoms with E-state index in [-0.39, 0.29) is 5.96 Å². The molecule has 86 valence electrons. The van der Waals surface area contributed by atoms with Crippen LogP contribution in [0, 0.1) is 0 Å². The van der Waals surface area contributed by atoms with Gasteiger partial charge in [-0.15, -0.1) is 5.10 Å². The van der Waals surface area contributed by atoms with Crippen molar-refractivity contribution in [1.82, 2.24) is 0 Å². The Balaban J connectivity index is 3.09. The van der Waals surface area contributed by atoms with E-state index in [0.717, 1.165) is 17.7 Å². The Bertz CT molecular complexity index is 436. The van der Waals surface area contributed by atoms with Gasteiger partial charge in [-0.2, -0.15) is 5.10 Å². The second-order valence-electron chi connectivity index (χ2n) is 3.11. The molecule has 5 N–H and O–H groups in total. The van der Waals surface area contributed by atoms with Crippen molar-refractivity contribution >= 4 is 34.9 Å². The van der Waals surface area contributed by atoms with Crippen LogP contribution < -0.4 is 16.6 Å². The second kappa shape index (κ2) is 5.72. The maximum atomic E-state index is 5.92. The van der Waals surface area contributed by atoms with Gasteiger partial charge in [0.15, 0.2) is 0 Å². The smallest absolute Gasteiger partial charge is 0.289 e. The number of nitrogens with zero attached hydrogens (tertiary/aromatic N) is 1. The predicted octanol–water partition coefficient (Wildman–Crippen LogP) is 0.462. The predicted molar refractivity (Wildman–Crippen MR) is 67.6 cm³/mol. The third kappa shape index (κ3) is 3.40. The van der Waals surface area contributed by atoms with Crippen molar-refractivity contribution in [3.05, 3.63) is 33.8 Å². The quantitative estimate of drug-likeness (QED) is 0.419. The van der Waals surface area contributed by atoms with Crippen LogP contribution in [0.5, 0.6) is 0 Å².